The third-order valence-corrected chi connectivity index (χ3v) is 3.52. The van der Waals surface area contributed by atoms with Crippen LogP contribution in [-0.2, 0) is 11.2 Å². The Bertz CT molecular complexity index is 478. The molecule has 1 aromatic carbocycles. The van der Waals surface area contributed by atoms with Gasteiger partial charge in [-0.3, -0.25) is 4.79 Å². The molecule has 0 aliphatic rings. The summed E-state index contributed by atoms with van der Waals surface area (Å²) in [4.78, 5) is 11.2. The normalized spacial score (nSPS) is 11.4. The van der Waals surface area contributed by atoms with E-state index in [9.17, 15) is 9.90 Å². The minimum atomic E-state index is -0.853. The SMILES string of the molecule is COc1c(C)cc(Cl)c(CC(C)(C)C(=O)O)c1C. The number of aliphatic carboxylic acids is 1. The van der Waals surface area contributed by atoms with Crippen LogP contribution in [0, 0.1) is 19.3 Å². The lowest BCUT2D eigenvalue weighted by Gasteiger charge is -2.23. The zero-order valence-corrected chi connectivity index (χ0v) is 12.2. The predicted octanol–water partition coefficient (Wildman–Crippen LogP) is 3.62. The van der Waals surface area contributed by atoms with Crippen molar-refractivity contribution in [2.45, 2.75) is 34.1 Å². The summed E-state index contributed by atoms with van der Waals surface area (Å²) in [7, 11) is 1.61. The summed E-state index contributed by atoms with van der Waals surface area (Å²) in [5.74, 6) is -0.0619. The lowest BCUT2D eigenvalue weighted by molar-refractivity contribution is -0.146. The number of aryl methyl sites for hydroxylation is 1. The summed E-state index contributed by atoms with van der Waals surface area (Å²) in [5.41, 5.74) is 1.86. The molecule has 1 rings (SSSR count). The fourth-order valence-corrected chi connectivity index (χ4v) is 2.38. The van der Waals surface area contributed by atoms with E-state index in [0.29, 0.717) is 11.4 Å². The van der Waals surface area contributed by atoms with Gasteiger partial charge in [0.2, 0.25) is 0 Å². The van der Waals surface area contributed by atoms with E-state index in [1.54, 1.807) is 21.0 Å². The molecule has 0 atom stereocenters. The molecule has 18 heavy (non-hydrogen) atoms. The second-order valence-corrected chi connectivity index (χ2v) is 5.59. The molecule has 0 bridgehead atoms. The Labute approximate surface area is 113 Å². The van der Waals surface area contributed by atoms with Gasteiger partial charge in [0, 0.05) is 5.02 Å². The highest BCUT2D eigenvalue weighted by molar-refractivity contribution is 6.31. The van der Waals surface area contributed by atoms with Crippen LogP contribution in [0.4, 0.5) is 0 Å². The number of carboxylic acid groups (broad SMARTS) is 1. The van der Waals surface area contributed by atoms with Crippen molar-refractivity contribution >= 4 is 17.6 Å². The van der Waals surface area contributed by atoms with Gasteiger partial charge in [0.25, 0.3) is 0 Å². The molecule has 0 saturated carbocycles. The third-order valence-electron chi connectivity index (χ3n) is 3.18. The average molecular weight is 271 g/mol. The van der Waals surface area contributed by atoms with E-state index in [-0.39, 0.29) is 0 Å². The highest BCUT2D eigenvalue weighted by atomic mass is 35.5. The standard InChI is InChI=1S/C14H19ClO3/c1-8-6-11(15)10(9(2)12(8)18-5)7-14(3,4)13(16)17/h6H,7H2,1-5H3,(H,16,17). The molecule has 0 fully saturated rings. The van der Waals surface area contributed by atoms with Gasteiger partial charge in [0.1, 0.15) is 5.75 Å². The molecule has 1 aromatic rings. The number of hydrogen-bond acceptors (Lipinski definition) is 2. The molecule has 0 spiro atoms. The molecule has 0 aromatic heterocycles. The first-order chi connectivity index (χ1) is 8.20. The van der Waals surface area contributed by atoms with Gasteiger partial charge in [-0.15, -0.1) is 0 Å². The number of halogens is 1. The van der Waals surface area contributed by atoms with Crippen LogP contribution in [0.1, 0.15) is 30.5 Å². The van der Waals surface area contributed by atoms with Crippen molar-refractivity contribution in [2.24, 2.45) is 5.41 Å². The predicted molar refractivity (Wildman–Crippen MR) is 72.6 cm³/mol. The summed E-state index contributed by atoms with van der Waals surface area (Å²) in [5, 5.41) is 9.79. The van der Waals surface area contributed by atoms with Gasteiger partial charge in [-0.05, 0) is 56.9 Å². The Morgan fingerprint density at radius 3 is 2.44 bits per heavy atom. The minimum absolute atomic E-state index is 0.379. The van der Waals surface area contributed by atoms with E-state index >= 15 is 0 Å². The third kappa shape index (κ3) is 2.78. The monoisotopic (exact) mass is 270 g/mol. The number of carboxylic acids is 1. The molecule has 0 saturated heterocycles. The summed E-state index contributed by atoms with van der Waals surface area (Å²) in [6, 6.07) is 1.82. The first-order valence-corrected chi connectivity index (χ1v) is 6.14. The van der Waals surface area contributed by atoms with Crippen LogP contribution in [0.5, 0.6) is 5.75 Å². The zero-order chi connectivity index (χ0) is 14.1. The van der Waals surface area contributed by atoms with Gasteiger partial charge in [-0.2, -0.15) is 0 Å². The molecule has 3 nitrogen and oxygen atoms in total. The van der Waals surface area contributed by atoms with E-state index < -0.39 is 11.4 Å². The molecule has 0 heterocycles. The van der Waals surface area contributed by atoms with Crippen molar-refractivity contribution in [3.8, 4) is 5.75 Å². The topological polar surface area (TPSA) is 46.5 Å². The van der Waals surface area contributed by atoms with Crippen molar-refractivity contribution < 1.29 is 14.6 Å². The molecule has 4 heteroatoms. The van der Waals surface area contributed by atoms with Crippen molar-refractivity contribution in [3.05, 3.63) is 27.8 Å². The number of benzene rings is 1. The van der Waals surface area contributed by atoms with Gasteiger partial charge in [0.15, 0.2) is 0 Å². The number of rotatable bonds is 4. The maximum absolute atomic E-state index is 11.2. The number of ether oxygens (including phenoxy) is 1. The van der Waals surface area contributed by atoms with Crippen LogP contribution in [-0.4, -0.2) is 18.2 Å². The highest BCUT2D eigenvalue weighted by Gasteiger charge is 2.29. The van der Waals surface area contributed by atoms with Crippen LogP contribution >= 0.6 is 11.6 Å². The van der Waals surface area contributed by atoms with Gasteiger partial charge >= 0.3 is 5.97 Å². The molecule has 0 radical (unpaired) electrons. The molecule has 100 valence electrons. The summed E-state index contributed by atoms with van der Waals surface area (Å²) in [6.45, 7) is 7.21. The van der Waals surface area contributed by atoms with Gasteiger partial charge in [0.05, 0.1) is 12.5 Å². The molecule has 0 aliphatic carbocycles. The van der Waals surface area contributed by atoms with Crippen LogP contribution < -0.4 is 4.74 Å². The van der Waals surface area contributed by atoms with Crippen LogP contribution in [0.15, 0.2) is 6.07 Å². The number of methoxy groups -OCH3 is 1. The Hall–Kier alpha value is -1.22. The van der Waals surface area contributed by atoms with Crippen LogP contribution in [0.25, 0.3) is 0 Å². The first-order valence-electron chi connectivity index (χ1n) is 5.76. The average Bonchev–Trinajstić information content (AvgIpc) is 2.24. The maximum Gasteiger partial charge on any atom is 0.309 e. The van der Waals surface area contributed by atoms with Gasteiger partial charge in [-0.1, -0.05) is 11.6 Å². The Kier molecular flexibility index (Phi) is 4.28. The highest BCUT2D eigenvalue weighted by Crippen LogP contribution is 2.35. The van der Waals surface area contributed by atoms with Crippen LogP contribution in [0.2, 0.25) is 5.02 Å². The molecule has 0 unspecified atom stereocenters. The maximum atomic E-state index is 11.2. The second kappa shape index (κ2) is 5.19. The fourth-order valence-electron chi connectivity index (χ4n) is 2.00. The Balaban J connectivity index is 3.30. The Morgan fingerprint density at radius 2 is 2.00 bits per heavy atom. The van der Waals surface area contributed by atoms with Crippen molar-refractivity contribution in [2.75, 3.05) is 7.11 Å². The van der Waals surface area contributed by atoms with Crippen molar-refractivity contribution in [3.63, 3.8) is 0 Å². The van der Waals surface area contributed by atoms with E-state index in [4.69, 9.17) is 16.3 Å². The minimum Gasteiger partial charge on any atom is -0.496 e. The van der Waals surface area contributed by atoms with E-state index in [2.05, 4.69) is 0 Å². The van der Waals surface area contributed by atoms with Crippen LogP contribution in [0.3, 0.4) is 0 Å². The van der Waals surface area contributed by atoms with E-state index in [0.717, 1.165) is 22.4 Å². The quantitative estimate of drug-likeness (QED) is 0.909. The largest absolute Gasteiger partial charge is 0.496 e. The van der Waals surface area contributed by atoms with Gasteiger partial charge in [-0.25, -0.2) is 0 Å². The van der Waals surface area contributed by atoms with E-state index in [1.165, 1.54) is 0 Å². The Morgan fingerprint density at radius 1 is 1.44 bits per heavy atom. The molecule has 0 aliphatic heterocycles. The van der Waals surface area contributed by atoms with E-state index in [1.807, 2.05) is 19.9 Å². The summed E-state index contributed by atoms with van der Waals surface area (Å²) < 4.78 is 5.34. The van der Waals surface area contributed by atoms with Gasteiger partial charge < -0.3 is 9.84 Å². The smallest absolute Gasteiger partial charge is 0.309 e. The lowest BCUT2D eigenvalue weighted by atomic mass is 9.84. The number of hydrogen-bond donors (Lipinski definition) is 1. The lowest BCUT2D eigenvalue weighted by Crippen LogP contribution is -2.26. The number of carbonyl (C=O) groups is 1. The fraction of sp³-hybridized carbons (Fsp3) is 0.500. The molecular formula is C14H19ClO3. The zero-order valence-electron chi connectivity index (χ0n) is 11.4. The van der Waals surface area contributed by atoms with Crippen molar-refractivity contribution in [1.29, 1.82) is 0 Å². The van der Waals surface area contributed by atoms with Crippen molar-refractivity contribution in [1.82, 2.24) is 0 Å². The molecule has 1 N–H and O–H groups in total. The summed E-state index contributed by atoms with van der Waals surface area (Å²) >= 11 is 6.23. The second-order valence-electron chi connectivity index (χ2n) is 5.18. The summed E-state index contributed by atoms with van der Waals surface area (Å²) in [6.07, 6.45) is 0.379. The molecule has 0 amide bonds. The first kappa shape index (κ1) is 14.8. The molecular weight excluding hydrogens is 252 g/mol.